The third-order valence-corrected chi connectivity index (χ3v) is 4.03. The number of amides is 1. The SMILES string of the molecule is CC(=O)NCCNc1nc(OCc2ccc(F)cc2F)c(Cl)c(=O)n1C(C)C. The predicted octanol–water partition coefficient (Wildman–Crippen LogP) is 2.88. The van der Waals surface area contributed by atoms with Gasteiger partial charge in [0.25, 0.3) is 5.56 Å². The van der Waals surface area contributed by atoms with Crippen LogP contribution in [0.5, 0.6) is 5.88 Å². The van der Waals surface area contributed by atoms with Gasteiger partial charge < -0.3 is 15.4 Å². The normalized spacial score (nSPS) is 10.8. The summed E-state index contributed by atoms with van der Waals surface area (Å²) in [5.41, 5.74) is -0.434. The van der Waals surface area contributed by atoms with Crippen molar-refractivity contribution in [1.82, 2.24) is 14.9 Å². The molecular weight excluding hydrogens is 394 g/mol. The fourth-order valence-corrected chi connectivity index (χ4v) is 2.58. The lowest BCUT2D eigenvalue weighted by Crippen LogP contribution is -2.31. The molecule has 0 fully saturated rings. The van der Waals surface area contributed by atoms with Gasteiger partial charge in [0.2, 0.25) is 17.7 Å². The molecule has 0 saturated carbocycles. The van der Waals surface area contributed by atoms with Gasteiger partial charge >= 0.3 is 0 Å². The Morgan fingerprint density at radius 1 is 1.32 bits per heavy atom. The van der Waals surface area contributed by atoms with Crippen molar-refractivity contribution in [3.05, 3.63) is 50.8 Å². The lowest BCUT2D eigenvalue weighted by molar-refractivity contribution is -0.118. The number of ether oxygens (including phenoxy) is 1. The van der Waals surface area contributed by atoms with E-state index in [1.165, 1.54) is 17.6 Å². The standard InChI is InChI=1S/C18H21ClF2N4O3/c1-10(2)25-17(27)15(19)16(24-18(25)23-7-6-22-11(3)26)28-9-12-4-5-13(20)8-14(12)21/h4-5,8,10H,6-7,9H2,1-3H3,(H,22,26)(H,23,24). The van der Waals surface area contributed by atoms with E-state index in [2.05, 4.69) is 15.6 Å². The number of nitrogens with one attached hydrogen (secondary N) is 2. The zero-order valence-electron chi connectivity index (χ0n) is 15.7. The minimum Gasteiger partial charge on any atom is -0.471 e. The molecule has 0 saturated heterocycles. The molecule has 1 heterocycles. The van der Waals surface area contributed by atoms with Crippen LogP contribution in [0.2, 0.25) is 5.02 Å². The lowest BCUT2D eigenvalue weighted by Gasteiger charge is -2.18. The van der Waals surface area contributed by atoms with Crippen molar-refractivity contribution >= 4 is 23.5 Å². The van der Waals surface area contributed by atoms with Crippen LogP contribution in [0.15, 0.2) is 23.0 Å². The van der Waals surface area contributed by atoms with E-state index >= 15 is 0 Å². The van der Waals surface area contributed by atoms with Gasteiger partial charge in [-0.15, -0.1) is 0 Å². The van der Waals surface area contributed by atoms with Gasteiger partial charge in [-0.25, -0.2) is 8.78 Å². The molecule has 1 amide bonds. The molecule has 0 unspecified atom stereocenters. The fourth-order valence-electron chi connectivity index (χ4n) is 2.39. The molecule has 1 aromatic heterocycles. The van der Waals surface area contributed by atoms with Crippen molar-refractivity contribution in [3.63, 3.8) is 0 Å². The summed E-state index contributed by atoms with van der Waals surface area (Å²) in [5.74, 6) is -1.64. The Kier molecular flexibility index (Phi) is 7.33. The molecular formula is C18H21ClF2N4O3. The number of hydrogen-bond donors (Lipinski definition) is 2. The van der Waals surface area contributed by atoms with Crippen molar-refractivity contribution in [2.75, 3.05) is 18.4 Å². The van der Waals surface area contributed by atoms with Gasteiger partial charge in [0, 0.05) is 37.7 Å². The highest BCUT2D eigenvalue weighted by atomic mass is 35.5. The van der Waals surface area contributed by atoms with E-state index in [0.717, 1.165) is 12.1 Å². The number of carbonyl (C=O) groups is 1. The fraction of sp³-hybridized carbons (Fsp3) is 0.389. The Balaban J connectivity index is 2.25. The zero-order chi connectivity index (χ0) is 20.8. The van der Waals surface area contributed by atoms with Crippen LogP contribution in [0.4, 0.5) is 14.7 Å². The smallest absolute Gasteiger partial charge is 0.277 e. The zero-order valence-corrected chi connectivity index (χ0v) is 16.4. The van der Waals surface area contributed by atoms with Crippen LogP contribution in [-0.2, 0) is 11.4 Å². The molecule has 0 aliphatic heterocycles. The van der Waals surface area contributed by atoms with E-state index in [9.17, 15) is 18.4 Å². The third-order valence-electron chi connectivity index (χ3n) is 3.71. The highest BCUT2D eigenvalue weighted by Crippen LogP contribution is 2.23. The summed E-state index contributed by atoms with van der Waals surface area (Å²) in [5, 5.41) is 5.32. The Morgan fingerprint density at radius 3 is 2.64 bits per heavy atom. The summed E-state index contributed by atoms with van der Waals surface area (Å²) in [6.07, 6.45) is 0. The average molecular weight is 415 g/mol. The molecule has 0 atom stereocenters. The minimum atomic E-state index is -0.777. The Hall–Kier alpha value is -2.68. The van der Waals surface area contributed by atoms with Crippen LogP contribution >= 0.6 is 11.6 Å². The van der Waals surface area contributed by atoms with Crippen molar-refractivity contribution in [2.24, 2.45) is 0 Å². The number of anilines is 1. The number of hydrogen-bond acceptors (Lipinski definition) is 5. The van der Waals surface area contributed by atoms with Crippen molar-refractivity contribution in [1.29, 1.82) is 0 Å². The molecule has 7 nitrogen and oxygen atoms in total. The van der Waals surface area contributed by atoms with E-state index in [1.807, 2.05) is 0 Å². The predicted molar refractivity (Wildman–Crippen MR) is 102 cm³/mol. The highest BCUT2D eigenvalue weighted by molar-refractivity contribution is 6.31. The maximum atomic E-state index is 13.8. The van der Waals surface area contributed by atoms with Gasteiger partial charge in [-0.3, -0.25) is 14.2 Å². The van der Waals surface area contributed by atoms with Gasteiger partial charge in [-0.1, -0.05) is 11.6 Å². The number of nitrogens with zero attached hydrogens (tertiary/aromatic N) is 2. The molecule has 2 aromatic rings. The molecule has 2 N–H and O–H groups in total. The summed E-state index contributed by atoms with van der Waals surface area (Å²) in [4.78, 5) is 27.8. The molecule has 10 heteroatoms. The first-order valence-corrected chi connectivity index (χ1v) is 8.95. The first kappa shape index (κ1) is 21.6. The number of benzene rings is 1. The first-order chi connectivity index (χ1) is 13.2. The summed E-state index contributed by atoms with van der Waals surface area (Å²) in [7, 11) is 0. The van der Waals surface area contributed by atoms with Crippen molar-refractivity contribution < 1.29 is 18.3 Å². The molecule has 0 aliphatic rings. The summed E-state index contributed by atoms with van der Waals surface area (Å²) < 4.78 is 33.5. The number of carbonyl (C=O) groups excluding carboxylic acids is 1. The third kappa shape index (κ3) is 5.41. The summed E-state index contributed by atoms with van der Waals surface area (Å²) >= 11 is 6.09. The number of rotatable bonds is 8. The summed E-state index contributed by atoms with van der Waals surface area (Å²) in [6.45, 7) is 5.31. The molecule has 2 rings (SSSR count). The highest BCUT2D eigenvalue weighted by Gasteiger charge is 2.18. The molecule has 0 radical (unpaired) electrons. The van der Waals surface area contributed by atoms with E-state index in [0.29, 0.717) is 13.1 Å². The molecule has 0 aliphatic carbocycles. The number of halogens is 3. The van der Waals surface area contributed by atoms with Crippen molar-refractivity contribution in [3.8, 4) is 5.88 Å². The van der Waals surface area contributed by atoms with Crippen LogP contribution in [0.25, 0.3) is 0 Å². The van der Waals surface area contributed by atoms with Crippen LogP contribution in [0, 0.1) is 11.6 Å². The van der Waals surface area contributed by atoms with Gasteiger partial charge in [0.15, 0.2) is 5.02 Å². The maximum absolute atomic E-state index is 13.8. The van der Waals surface area contributed by atoms with Gasteiger partial charge in [-0.05, 0) is 26.0 Å². The second-order valence-corrected chi connectivity index (χ2v) is 6.64. The van der Waals surface area contributed by atoms with E-state index in [4.69, 9.17) is 16.3 Å². The monoisotopic (exact) mass is 414 g/mol. The van der Waals surface area contributed by atoms with Gasteiger partial charge in [0.1, 0.15) is 18.2 Å². The quantitative estimate of drug-likeness (QED) is 0.649. The largest absolute Gasteiger partial charge is 0.471 e. The number of aromatic nitrogens is 2. The molecule has 0 bridgehead atoms. The van der Waals surface area contributed by atoms with Crippen LogP contribution in [0.3, 0.4) is 0 Å². The summed E-state index contributed by atoms with van der Waals surface area (Å²) in [6, 6.07) is 2.83. The molecule has 152 valence electrons. The van der Waals surface area contributed by atoms with Gasteiger partial charge in [-0.2, -0.15) is 4.98 Å². The Labute approximate surface area is 165 Å². The Bertz CT molecular complexity index is 918. The Morgan fingerprint density at radius 2 is 2.04 bits per heavy atom. The molecule has 0 spiro atoms. The lowest BCUT2D eigenvalue weighted by atomic mass is 10.2. The second kappa shape index (κ2) is 9.50. The van der Waals surface area contributed by atoms with Crippen LogP contribution < -0.4 is 20.9 Å². The van der Waals surface area contributed by atoms with Gasteiger partial charge in [0.05, 0.1) is 0 Å². The second-order valence-electron chi connectivity index (χ2n) is 6.26. The van der Waals surface area contributed by atoms with Crippen molar-refractivity contribution in [2.45, 2.75) is 33.4 Å². The molecule has 28 heavy (non-hydrogen) atoms. The van der Waals surface area contributed by atoms with E-state index < -0.39 is 17.2 Å². The minimum absolute atomic E-state index is 0.0903. The topological polar surface area (TPSA) is 85.2 Å². The van der Waals surface area contributed by atoms with E-state index in [-0.39, 0.29) is 41.0 Å². The maximum Gasteiger partial charge on any atom is 0.277 e. The molecule has 1 aromatic carbocycles. The average Bonchev–Trinajstić information content (AvgIpc) is 2.61. The first-order valence-electron chi connectivity index (χ1n) is 8.57. The van der Waals surface area contributed by atoms with E-state index in [1.54, 1.807) is 13.8 Å². The van der Waals surface area contributed by atoms with Crippen LogP contribution in [0.1, 0.15) is 32.4 Å². The van der Waals surface area contributed by atoms with Crippen LogP contribution in [-0.4, -0.2) is 28.5 Å².